The zero-order chi connectivity index (χ0) is 11.7. The third kappa shape index (κ3) is 2.33. The molecule has 2 unspecified atom stereocenters. The molecule has 1 aromatic rings. The van der Waals surface area contributed by atoms with Gasteiger partial charge in [-0.2, -0.15) is 11.8 Å². The fraction of sp³-hybridized carbons (Fsp3) is 0.667. The van der Waals surface area contributed by atoms with Gasteiger partial charge in [0.2, 0.25) is 9.47 Å². The molecule has 88 valence electrons. The van der Waals surface area contributed by atoms with Crippen LogP contribution < -0.4 is 0 Å². The predicted octanol–water partition coefficient (Wildman–Crippen LogP) is 2.16. The number of rotatable bonds is 1. The Kier molecular flexibility index (Phi) is 3.71. The van der Waals surface area contributed by atoms with Crippen LogP contribution in [0.25, 0.3) is 0 Å². The highest BCUT2D eigenvalue weighted by atomic mass is 35.5. The molecule has 2 heterocycles. The second-order valence-corrected chi connectivity index (χ2v) is 6.72. The van der Waals surface area contributed by atoms with Crippen molar-refractivity contribution < 1.29 is 4.79 Å². The fourth-order valence-corrected chi connectivity index (χ4v) is 3.52. The lowest BCUT2D eigenvalue weighted by Crippen LogP contribution is -2.47. The molecule has 0 N–H and O–H groups in total. The number of nitrogens with zero attached hydrogens (tertiary/aromatic N) is 3. The molecule has 0 aromatic carbocycles. The highest BCUT2D eigenvalue weighted by Crippen LogP contribution is 2.26. The third-order valence-corrected chi connectivity index (χ3v) is 5.07. The van der Waals surface area contributed by atoms with Crippen LogP contribution in [0.4, 0.5) is 0 Å². The standard InChI is InChI=1S/C9H12ClN3OS2/c1-5-6(2)15-4-3-13(5)8(14)7-11-12-9(10)16-7/h5-6H,3-4H2,1-2H3. The second kappa shape index (κ2) is 4.89. The van der Waals surface area contributed by atoms with Gasteiger partial charge in [0.15, 0.2) is 0 Å². The van der Waals surface area contributed by atoms with Gasteiger partial charge < -0.3 is 4.90 Å². The van der Waals surface area contributed by atoms with E-state index in [2.05, 4.69) is 24.0 Å². The lowest BCUT2D eigenvalue weighted by molar-refractivity contribution is 0.0697. The number of carbonyl (C=O) groups excluding carboxylic acids is 1. The number of hydrogen-bond donors (Lipinski definition) is 0. The Labute approximate surface area is 107 Å². The molecule has 0 spiro atoms. The van der Waals surface area contributed by atoms with Gasteiger partial charge in [0.05, 0.1) is 0 Å². The van der Waals surface area contributed by atoms with Crippen LogP contribution in [-0.2, 0) is 0 Å². The largest absolute Gasteiger partial charge is 0.332 e. The minimum Gasteiger partial charge on any atom is -0.332 e. The van der Waals surface area contributed by atoms with E-state index < -0.39 is 0 Å². The lowest BCUT2D eigenvalue weighted by Gasteiger charge is -2.36. The van der Waals surface area contributed by atoms with E-state index in [-0.39, 0.29) is 11.9 Å². The minimum absolute atomic E-state index is 0.0518. The Morgan fingerprint density at radius 3 is 2.88 bits per heavy atom. The molecule has 16 heavy (non-hydrogen) atoms. The Hall–Kier alpha value is -0.330. The van der Waals surface area contributed by atoms with Crippen molar-refractivity contribution in [3.8, 4) is 0 Å². The highest BCUT2D eigenvalue weighted by Gasteiger charge is 2.31. The van der Waals surface area contributed by atoms with Gasteiger partial charge in [0, 0.05) is 23.6 Å². The molecule has 1 fully saturated rings. The molecular weight excluding hydrogens is 266 g/mol. The molecule has 1 aliphatic heterocycles. The zero-order valence-electron chi connectivity index (χ0n) is 9.01. The van der Waals surface area contributed by atoms with Gasteiger partial charge in [-0.15, -0.1) is 10.2 Å². The van der Waals surface area contributed by atoms with E-state index in [0.717, 1.165) is 23.6 Å². The average molecular weight is 278 g/mol. The Balaban J connectivity index is 2.15. The van der Waals surface area contributed by atoms with Crippen LogP contribution in [0.15, 0.2) is 0 Å². The Bertz CT molecular complexity index is 398. The van der Waals surface area contributed by atoms with Gasteiger partial charge >= 0.3 is 0 Å². The van der Waals surface area contributed by atoms with Crippen LogP contribution >= 0.6 is 34.7 Å². The molecule has 0 saturated carbocycles. The maximum Gasteiger partial charge on any atom is 0.285 e. The van der Waals surface area contributed by atoms with Crippen molar-refractivity contribution in [1.29, 1.82) is 0 Å². The summed E-state index contributed by atoms with van der Waals surface area (Å²) in [5.74, 6) is 0.924. The summed E-state index contributed by atoms with van der Waals surface area (Å²) in [4.78, 5) is 14.0. The summed E-state index contributed by atoms with van der Waals surface area (Å²) in [6.07, 6.45) is 0. The number of halogens is 1. The number of aromatic nitrogens is 2. The van der Waals surface area contributed by atoms with Gasteiger partial charge in [-0.25, -0.2) is 0 Å². The van der Waals surface area contributed by atoms with E-state index in [1.54, 1.807) is 0 Å². The average Bonchev–Trinajstić information content (AvgIpc) is 2.68. The molecule has 2 rings (SSSR count). The van der Waals surface area contributed by atoms with E-state index in [1.165, 1.54) is 0 Å². The monoisotopic (exact) mass is 277 g/mol. The van der Waals surface area contributed by atoms with Crippen molar-refractivity contribution in [3.05, 3.63) is 9.47 Å². The molecule has 1 amide bonds. The first kappa shape index (κ1) is 12.1. The normalized spacial score (nSPS) is 25.8. The summed E-state index contributed by atoms with van der Waals surface area (Å²) < 4.78 is 0.315. The Morgan fingerprint density at radius 2 is 2.25 bits per heavy atom. The van der Waals surface area contributed by atoms with Gasteiger partial charge in [-0.05, 0) is 18.5 Å². The number of hydrogen-bond acceptors (Lipinski definition) is 5. The number of thioether (sulfide) groups is 1. The SMILES string of the molecule is CC1SCCN(C(=O)c2nnc(Cl)s2)C1C. The summed E-state index contributed by atoms with van der Waals surface area (Å²) in [7, 11) is 0. The zero-order valence-corrected chi connectivity index (χ0v) is 11.4. The molecular formula is C9H12ClN3OS2. The van der Waals surface area contributed by atoms with E-state index in [0.29, 0.717) is 14.7 Å². The van der Waals surface area contributed by atoms with E-state index in [4.69, 9.17) is 11.6 Å². The van der Waals surface area contributed by atoms with Crippen molar-refractivity contribution in [2.45, 2.75) is 25.1 Å². The van der Waals surface area contributed by atoms with E-state index in [9.17, 15) is 4.79 Å². The number of amides is 1. The van der Waals surface area contributed by atoms with E-state index in [1.807, 2.05) is 16.7 Å². The maximum atomic E-state index is 12.1. The minimum atomic E-state index is -0.0518. The highest BCUT2D eigenvalue weighted by molar-refractivity contribution is 8.00. The molecule has 7 heteroatoms. The molecule has 1 aromatic heterocycles. The van der Waals surface area contributed by atoms with Crippen LogP contribution in [0.2, 0.25) is 4.47 Å². The van der Waals surface area contributed by atoms with Crippen LogP contribution in [0.5, 0.6) is 0 Å². The first-order chi connectivity index (χ1) is 7.59. The van der Waals surface area contributed by atoms with Crippen LogP contribution in [-0.4, -0.2) is 44.6 Å². The summed E-state index contributed by atoms with van der Waals surface area (Å²) in [5, 5.41) is 8.29. The van der Waals surface area contributed by atoms with Crippen molar-refractivity contribution >= 4 is 40.6 Å². The molecule has 0 bridgehead atoms. The summed E-state index contributed by atoms with van der Waals surface area (Å²) >= 11 is 8.71. The molecule has 0 aliphatic carbocycles. The predicted molar refractivity (Wildman–Crippen MR) is 67.3 cm³/mol. The van der Waals surface area contributed by atoms with E-state index >= 15 is 0 Å². The molecule has 1 aliphatic rings. The molecule has 1 saturated heterocycles. The fourth-order valence-electron chi connectivity index (χ4n) is 1.63. The van der Waals surface area contributed by atoms with Crippen molar-refractivity contribution in [2.24, 2.45) is 0 Å². The molecule has 4 nitrogen and oxygen atoms in total. The molecule has 2 atom stereocenters. The lowest BCUT2D eigenvalue weighted by atomic mass is 10.2. The smallest absolute Gasteiger partial charge is 0.285 e. The van der Waals surface area contributed by atoms with Gasteiger partial charge in [0.25, 0.3) is 5.91 Å². The van der Waals surface area contributed by atoms with Crippen molar-refractivity contribution in [3.63, 3.8) is 0 Å². The summed E-state index contributed by atoms with van der Waals surface area (Å²) in [5.41, 5.74) is 0. The maximum absolute atomic E-state index is 12.1. The summed E-state index contributed by atoms with van der Waals surface area (Å²) in [6.45, 7) is 4.98. The van der Waals surface area contributed by atoms with Crippen LogP contribution in [0.3, 0.4) is 0 Å². The quantitative estimate of drug-likeness (QED) is 0.789. The van der Waals surface area contributed by atoms with Gasteiger partial charge in [0.1, 0.15) is 0 Å². The molecule has 0 radical (unpaired) electrons. The van der Waals surface area contributed by atoms with Gasteiger partial charge in [-0.3, -0.25) is 4.79 Å². The van der Waals surface area contributed by atoms with Crippen LogP contribution in [0, 0.1) is 0 Å². The second-order valence-electron chi connectivity index (χ2n) is 3.68. The van der Waals surface area contributed by atoms with Crippen molar-refractivity contribution in [2.75, 3.05) is 12.3 Å². The third-order valence-electron chi connectivity index (χ3n) is 2.73. The first-order valence-corrected chi connectivity index (χ1v) is 7.25. The summed E-state index contributed by atoms with van der Waals surface area (Å²) in [6, 6.07) is 0.230. The topological polar surface area (TPSA) is 46.1 Å². The van der Waals surface area contributed by atoms with Crippen LogP contribution in [0.1, 0.15) is 23.6 Å². The first-order valence-electron chi connectivity index (χ1n) is 5.01. The van der Waals surface area contributed by atoms with Crippen molar-refractivity contribution in [1.82, 2.24) is 15.1 Å². The van der Waals surface area contributed by atoms with Gasteiger partial charge in [-0.1, -0.05) is 18.3 Å². The number of carbonyl (C=O) groups is 1. The Morgan fingerprint density at radius 1 is 1.50 bits per heavy atom.